The molecule has 2 aliphatic rings. The van der Waals surface area contributed by atoms with Gasteiger partial charge >= 0.3 is 5.97 Å². The van der Waals surface area contributed by atoms with Gasteiger partial charge in [0.1, 0.15) is 11.5 Å². The third kappa shape index (κ3) is 3.92. The highest BCUT2D eigenvalue weighted by atomic mass is 16.6. The fourth-order valence-electron chi connectivity index (χ4n) is 3.18. The molecule has 2 N–H and O–H groups in total. The molecule has 138 valence electrons. The molecule has 0 radical (unpaired) electrons. The first-order valence-corrected chi connectivity index (χ1v) is 8.76. The van der Waals surface area contributed by atoms with Crippen LogP contribution in [0.5, 0.6) is 11.5 Å². The van der Waals surface area contributed by atoms with Gasteiger partial charge < -0.3 is 20.1 Å². The van der Waals surface area contributed by atoms with E-state index >= 15 is 0 Å². The lowest BCUT2D eigenvalue weighted by molar-refractivity contribution is -0.136. The highest BCUT2D eigenvalue weighted by molar-refractivity contribution is 5.94. The van der Waals surface area contributed by atoms with Crippen molar-refractivity contribution in [2.75, 3.05) is 17.2 Å². The van der Waals surface area contributed by atoms with Gasteiger partial charge in [0.05, 0.1) is 0 Å². The van der Waals surface area contributed by atoms with Gasteiger partial charge in [-0.1, -0.05) is 0 Å². The van der Waals surface area contributed by atoms with Crippen LogP contribution in [0.15, 0.2) is 36.4 Å². The Morgan fingerprint density at radius 1 is 0.815 bits per heavy atom. The number of anilines is 2. The van der Waals surface area contributed by atoms with E-state index in [1.54, 1.807) is 30.3 Å². The summed E-state index contributed by atoms with van der Waals surface area (Å²) < 4.78 is 10.8. The van der Waals surface area contributed by atoms with Crippen molar-refractivity contribution in [3.8, 4) is 11.5 Å². The molecule has 27 heavy (non-hydrogen) atoms. The van der Waals surface area contributed by atoms with Gasteiger partial charge in [0.15, 0.2) is 6.61 Å². The van der Waals surface area contributed by atoms with Crippen LogP contribution in [0, 0.1) is 0 Å². The van der Waals surface area contributed by atoms with Crippen molar-refractivity contribution in [1.82, 2.24) is 0 Å². The average molecular weight is 366 g/mol. The zero-order chi connectivity index (χ0) is 18.8. The number of aryl methyl sites for hydroxylation is 2. The Morgan fingerprint density at radius 2 is 1.37 bits per heavy atom. The molecule has 2 aliphatic heterocycles. The molecule has 2 aromatic carbocycles. The van der Waals surface area contributed by atoms with Crippen LogP contribution >= 0.6 is 0 Å². The summed E-state index contributed by atoms with van der Waals surface area (Å²) in [7, 11) is 0. The number of amides is 2. The van der Waals surface area contributed by atoms with E-state index in [9.17, 15) is 14.4 Å². The van der Waals surface area contributed by atoms with Crippen molar-refractivity contribution < 1.29 is 23.9 Å². The van der Waals surface area contributed by atoms with Crippen molar-refractivity contribution in [3.05, 3.63) is 47.5 Å². The molecule has 0 atom stereocenters. The van der Waals surface area contributed by atoms with Crippen LogP contribution < -0.4 is 20.1 Å². The van der Waals surface area contributed by atoms with Crippen LogP contribution in [0.3, 0.4) is 0 Å². The van der Waals surface area contributed by atoms with Crippen LogP contribution in [0.2, 0.25) is 0 Å². The summed E-state index contributed by atoms with van der Waals surface area (Å²) >= 11 is 0. The van der Waals surface area contributed by atoms with E-state index in [0.29, 0.717) is 37.2 Å². The summed E-state index contributed by atoms with van der Waals surface area (Å²) in [5.41, 5.74) is 3.46. The monoisotopic (exact) mass is 366 g/mol. The minimum atomic E-state index is -0.513. The molecule has 2 heterocycles. The summed E-state index contributed by atoms with van der Waals surface area (Å²) in [6.45, 7) is -0.223. The first-order chi connectivity index (χ1) is 13.1. The predicted octanol–water partition coefficient (Wildman–Crippen LogP) is 2.44. The largest absolute Gasteiger partial charge is 0.482 e. The van der Waals surface area contributed by atoms with Gasteiger partial charge in [0.2, 0.25) is 11.8 Å². The van der Waals surface area contributed by atoms with Crippen LogP contribution in [0.1, 0.15) is 24.0 Å². The molecule has 2 aromatic rings. The smallest absolute Gasteiger partial charge is 0.349 e. The van der Waals surface area contributed by atoms with Gasteiger partial charge in [0.25, 0.3) is 0 Å². The highest BCUT2D eigenvalue weighted by Crippen LogP contribution is 2.28. The lowest BCUT2D eigenvalue weighted by atomic mass is 10.0. The number of carbonyl (C=O) groups excluding carboxylic acids is 3. The zero-order valence-electron chi connectivity index (χ0n) is 14.5. The number of hydrogen-bond acceptors (Lipinski definition) is 5. The maximum Gasteiger partial charge on any atom is 0.349 e. The quantitative estimate of drug-likeness (QED) is 0.640. The number of esters is 1. The fraction of sp³-hybridized carbons (Fsp3) is 0.250. The number of rotatable bonds is 4. The molecule has 7 nitrogen and oxygen atoms in total. The van der Waals surface area contributed by atoms with E-state index in [4.69, 9.17) is 9.47 Å². The summed E-state index contributed by atoms with van der Waals surface area (Å²) in [4.78, 5) is 34.8. The minimum absolute atomic E-state index is 0.00404. The van der Waals surface area contributed by atoms with Crippen LogP contribution in [0.25, 0.3) is 0 Å². The summed E-state index contributed by atoms with van der Waals surface area (Å²) in [5, 5.41) is 5.58. The fourth-order valence-corrected chi connectivity index (χ4v) is 3.18. The SMILES string of the molecule is O=C1CCc2cc(OCC(=O)Oc3ccc4c(c3)CCC(=O)N4)ccc2N1. The Kier molecular flexibility index (Phi) is 4.50. The van der Waals surface area contributed by atoms with E-state index in [-0.39, 0.29) is 18.4 Å². The molecular weight excluding hydrogens is 348 g/mol. The standard InChI is InChI=1S/C20H18N2O5/c23-18-7-1-12-9-14(3-5-16(12)21-18)26-11-20(25)27-15-4-6-17-13(10-15)2-8-19(24)22-17/h3-6,9-10H,1-2,7-8,11H2,(H,21,23)(H,22,24). The van der Waals surface area contributed by atoms with Crippen LogP contribution in [-0.4, -0.2) is 24.4 Å². The highest BCUT2D eigenvalue weighted by Gasteiger charge is 2.17. The normalized spacial score (nSPS) is 15.1. The number of benzene rings is 2. The second-order valence-electron chi connectivity index (χ2n) is 6.50. The second-order valence-corrected chi connectivity index (χ2v) is 6.50. The molecule has 0 aliphatic carbocycles. The van der Waals surface area contributed by atoms with E-state index < -0.39 is 5.97 Å². The third-order valence-corrected chi connectivity index (χ3v) is 4.53. The molecule has 4 rings (SSSR count). The van der Waals surface area contributed by atoms with Crippen molar-refractivity contribution in [2.24, 2.45) is 0 Å². The van der Waals surface area contributed by atoms with Crippen molar-refractivity contribution in [1.29, 1.82) is 0 Å². The Balaban J connectivity index is 1.35. The lowest BCUT2D eigenvalue weighted by Gasteiger charge is -2.18. The zero-order valence-corrected chi connectivity index (χ0v) is 14.5. The van der Waals surface area contributed by atoms with Gasteiger partial charge in [0, 0.05) is 24.2 Å². The topological polar surface area (TPSA) is 93.7 Å². The maximum atomic E-state index is 12.1. The van der Waals surface area contributed by atoms with E-state index in [0.717, 1.165) is 22.5 Å². The average Bonchev–Trinajstić information content (AvgIpc) is 2.66. The first-order valence-electron chi connectivity index (χ1n) is 8.76. The molecule has 0 fully saturated rings. The van der Waals surface area contributed by atoms with E-state index in [2.05, 4.69) is 10.6 Å². The van der Waals surface area contributed by atoms with Gasteiger partial charge in [-0.05, 0) is 60.4 Å². The van der Waals surface area contributed by atoms with Gasteiger partial charge in [-0.15, -0.1) is 0 Å². The summed E-state index contributed by atoms with van der Waals surface area (Å²) in [6, 6.07) is 10.4. The summed E-state index contributed by atoms with van der Waals surface area (Å²) in [6.07, 6.45) is 2.13. The number of fused-ring (bicyclic) bond motifs is 2. The molecule has 0 bridgehead atoms. The molecule has 0 unspecified atom stereocenters. The Bertz CT molecular complexity index is 938. The number of nitrogens with one attached hydrogen (secondary N) is 2. The van der Waals surface area contributed by atoms with Gasteiger partial charge in [-0.25, -0.2) is 4.79 Å². The van der Waals surface area contributed by atoms with Crippen LogP contribution in [0.4, 0.5) is 11.4 Å². The Labute approximate surface area is 155 Å². The first kappa shape index (κ1) is 17.1. The predicted molar refractivity (Wildman–Crippen MR) is 97.9 cm³/mol. The third-order valence-electron chi connectivity index (χ3n) is 4.53. The lowest BCUT2D eigenvalue weighted by Crippen LogP contribution is -2.21. The maximum absolute atomic E-state index is 12.1. The molecule has 0 spiro atoms. The molecule has 0 saturated carbocycles. The summed E-state index contributed by atoms with van der Waals surface area (Å²) in [5.74, 6) is 0.456. The molecule has 0 saturated heterocycles. The second kappa shape index (κ2) is 7.11. The molecule has 2 amide bonds. The number of hydrogen-bond donors (Lipinski definition) is 2. The molecule has 0 aromatic heterocycles. The van der Waals surface area contributed by atoms with Gasteiger partial charge in [-0.2, -0.15) is 0 Å². The van der Waals surface area contributed by atoms with E-state index in [1.165, 1.54) is 0 Å². The van der Waals surface area contributed by atoms with E-state index in [1.807, 2.05) is 6.07 Å². The van der Waals surface area contributed by atoms with Crippen molar-refractivity contribution in [2.45, 2.75) is 25.7 Å². The van der Waals surface area contributed by atoms with Gasteiger partial charge in [-0.3, -0.25) is 9.59 Å². The van der Waals surface area contributed by atoms with Crippen molar-refractivity contribution in [3.63, 3.8) is 0 Å². The minimum Gasteiger partial charge on any atom is -0.482 e. The van der Waals surface area contributed by atoms with Crippen molar-refractivity contribution >= 4 is 29.2 Å². The number of carbonyl (C=O) groups is 3. The number of ether oxygens (including phenoxy) is 2. The molecular formula is C20H18N2O5. The Hall–Kier alpha value is -3.35. The van der Waals surface area contributed by atoms with Crippen LogP contribution in [-0.2, 0) is 27.2 Å². The Morgan fingerprint density at radius 3 is 2.00 bits per heavy atom. The molecule has 7 heteroatoms.